The van der Waals surface area contributed by atoms with E-state index in [0.29, 0.717) is 0 Å². The SMILES string of the molecule is Cc1ccc(S(=O)(=O)N2C/C=C(/c3ccccc3F)COC(=O)C(=O)c3ccccc32)cc1. The average molecular weight is 466 g/mol. The van der Waals surface area contributed by atoms with Gasteiger partial charge in [0.25, 0.3) is 15.8 Å². The molecule has 0 amide bonds. The quantitative estimate of drug-likeness (QED) is 0.429. The summed E-state index contributed by atoms with van der Waals surface area (Å²) in [7, 11) is -4.13. The van der Waals surface area contributed by atoms with E-state index in [4.69, 9.17) is 4.74 Å². The van der Waals surface area contributed by atoms with E-state index in [1.807, 2.05) is 6.92 Å². The van der Waals surface area contributed by atoms with Gasteiger partial charge in [-0.3, -0.25) is 9.10 Å². The second-order valence-corrected chi connectivity index (χ2v) is 9.34. The summed E-state index contributed by atoms with van der Waals surface area (Å²) in [6, 6.07) is 18.1. The third-order valence-corrected chi connectivity index (χ3v) is 7.09. The van der Waals surface area contributed by atoms with E-state index in [9.17, 15) is 22.4 Å². The molecule has 0 aromatic heterocycles. The van der Waals surface area contributed by atoms with Gasteiger partial charge in [0.15, 0.2) is 0 Å². The largest absolute Gasteiger partial charge is 0.455 e. The molecule has 4 rings (SSSR count). The molecule has 0 N–H and O–H groups in total. The molecule has 6 nitrogen and oxygen atoms in total. The Kier molecular flexibility index (Phi) is 6.11. The predicted molar refractivity (Wildman–Crippen MR) is 122 cm³/mol. The van der Waals surface area contributed by atoms with Crippen LogP contribution in [-0.2, 0) is 19.6 Å². The minimum atomic E-state index is -4.13. The molecule has 0 aliphatic carbocycles. The van der Waals surface area contributed by atoms with Gasteiger partial charge in [-0.1, -0.05) is 54.1 Å². The summed E-state index contributed by atoms with van der Waals surface area (Å²) in [4.78, 5) is 25.3. The molecule has 1 aliphatic heterocycles. The van der Waals surface area contributed by atoms with Gasteiger partial charge in [-0.25, -0.2) is 17.6 Å². The highest BCUT2D eigenvalue weighted by atomic mass is 32.2. The number of carbonyl (C=O) groups is 2. The number of anilines is 1. The smallest absolute Gasteiger partial charge is 0.380 e. The van der Waals surface area contributed by atoms with Crippen LogP contribution in [0.2, 0.25) is 0 Å². The number of nitrogens with zero attached hydrogens (tertiary/aromatic N) is 1. The maximum atomic E-state index is 14.5. The van der Waals surface area contributed by atoms with Crippen molar-refractivity contribution in [1.29, 1.82) is 0 Å². The number of benzene rings is 3. The molecule has 3 aromatic carbocycles. The predicted octanol–water partition coefficient (Wildman–Crippen LogP) is 4.15. The molecule has 33 heavy (non-hydrogen) atoms. The van der Waals surface area contributed by atoms with Crippen molar-refractivity contribution in [2.75, 3.05) is 17.5 Å². The number of carbonyl (C=O) groups excluding carboxylic acids is 2. The number of hydrogen-bond acceptors (Lipinski definition) is 5. The molecule has 0 saturated carbocycles. The molecule has 3 aromatic rings. The second-order valence-electron chi connectivity index (χ2n) is 7.48. The van der Waals surface area contributed by atoms with Crippen LogP contribution in [0, 0.1) is 12.7 Å². The van der Waals surface area contributed by atoms with E-state index in [1.54, 1.807) is 24.3 Å². The highest BCUT2D eigenvalue weighted by molar-refractivity contribution is 7.92. The third-order valence-electron chi connectivity index (χ3n) is 5.29. The highest BCUT2D eigenvalue weighted by Crippen LogP contribution is 2.30. The number of Topliss-reactive ketones (excluding diaryl/α,β-unsaturated/α-hetero) is 1. The number of hydrogen-bond donors (Lipinski definition) is 0. The van der Waals surface area contributed by atoms with Crippen molar-refractivity contribution in [1.82, 2.24) is 0 Å². The van der Waals surface area contributed by atoms with Crippen LogP contribution in [0.4, 0.5) is 10.1 Å². The van der Waals surface area contributed by atoms with Crippen LogP contribution >= 0.6 is 0 Å². The third kappa shape index (κ3) is 4.42. The summed E-state index contributed by atoms with van der Waals surface area (Å²) in [6.07, 6.45) is 1.49. The van der Waals surface area contributed by atoms with Gasteiger partial charge < -0.3 is 4.74 Å². The first-order valence-corrected chi connectivity index (χ1v) is 11.6. The topological polar surface area (TPSA) is 80.8 Å². The summed E-state index contributed by atoms with van der Waals surface area (Å²) in [5, 5.41) is 0. The lowest BCUT2D eigenvalue weighted by atomic mass is 10.0. The lowest BCUT2D eigenvalue weighted by Crippen LogP contribution is -2.34. The number of cyclic esters (lactones) is 1. The normalized spacial score (nSPS) is 16.4. The van der Waals surface area contributed by atoms with Gasteiger partial charge in [0, 0.05) is 5.56 Å². The van der Waals surface area contributed by atoms with Gasteiger partial charge in [0.1, 0.15) is 12.4 Å². The van der Waals surface area contributed by atoms with Gasteiger partial charge in [0.05, 0.1) is 22.7 Å². The Labute approximate surface area is 191 Å². The summed E-state index contributed by atoms with van der Waals surface area (Å²) in [6.45, 7) is 1.25. The van der Waals surface area contributed by atoms with E-state index in [2.05, 4.69) is 0 Å². The van der Waals surface area contributed by atoms with E-state index >= 15 is 0 Å². The average Bonchev–Trinajstić information content (AvgIpc) is 2.81. The Morgan fingerprint density at radius 3 is 2.21 bits per heavy atom. The first-order valence-electron chi connectivity index (χ1n) is 10.1. The number of fused-ring (bicyclic) bond motifs is 1. The van der Waals surface area contributed by atoms with Crippen molar-refractivity contribution < 1.29 is 27.1 Å². The number of esters is 1. The van der Waals surface area contributed by atoms with Crippen molar-refractivity contribution >= 4 is 33.0 Å². The van der Waals surface area contributed by atoms with Crippen molar-refractivity contribution in [2.24, 2.45) is 0 Å². The molecule has 168 valence electrons. The summed E-state index contributed by atoms with van der Waals surface area (Å²) in [5.41, 5.74) is 1.22. The van der Waals surface area contributed by atoms with Crippen LogP contribution in [0.5, 0.6) is 0 Å². The monoisotopic (exact) mass is 465 g/mol. The fraction of sp³-hybridized carbons (Fsp3) is 0.120. The van der Waals surface area contributed by atoms with Crippen LogP contribution in [0.25, 0.3) is 5.57 Å². The van der Waals surface area contributed by atoms with Gasteiger partial charge >= 0.3 is 5.97 Å². The Hall–Kier alpha value is -3.78. The van der Waals surface area contributed by atoms with E-state index < -0.39 is 27.6 Å². The zero-order chi connectivity index (χ0) is 23.6. The van der Waals surface area contributed by atoms with Gasteiger partial charge in [-0.15, -0.1) is 0 Å². The molecular formula is C25H20FNO5S. The number of para-hydroxylation sites is 1. The molecule has 1 aliphatic rings. The highest BCUT2D eigenvalue weighted by Gasteiger charge is 2.31. The zero-order valence-electron chi connectivity index (χ0n) is 17.7. The number of ketones is 1. The standard InChI is InChI=1S/C25H20FNO5S/c1-17-10-12-19(13-11-17)33(30,31)27-15-14-18(20-6-2-4-8-22(20)26)16-32-25(29)24(28)21-7-3-5-9-23(21)27/h2-14H,15-16H2,1H3/b18-14+. The Morgan fingerprint density at radius 2 is 1.52 bits per heavy atom. The Bertz CT molecular complexity index is 1360. The maximum Gasteiger partial charge on any atom is 0.380 e. The van der Waals surface area contributed by atoms with Gasteiger partial charge in [0.2, 0.25) is 0 Å². The first-order chi connectivity index (χ1) is 15.8. The Morgan fingerprint density at radius 1 is 0.879 bits per heavy atom. The summed E-state index contributed by atoms with van der Waals surface area (Å²) >= 11 is 0. The number of aryl methyl sites for hydroxylation is 1. The molecule has 0 spiro atoms. The molecule has 8 heteroatoms. The van der Waals surface area contributed by atoms with E-state index in [-0.39, 0.29) is 40.4 Å². The number of sulfonamides is 1. The van der Waals surface area contributed by atoms with Crippen LogP contribution in [0.15, 0.2) is 83.8 Å². The minimum absolute atomic E-state index is 0.0239. The molecule has 1 heterocycles. The molecule has 0 radical (unpaired) electrons. The van der Waals surface area contributed by atoms with E-state index in [1.165, 1.54) is 54.6 Å². The summed E-state index contributed by atoms with van der Waals surface area (Å²) in [5.74, 6) is -2.69. The van der Waals surface area contributed by atoms with Gasteiger partial charge in [-0.05, 0) is 42.8 Å². The second kappa shape index (κ2) is 8.99. The van der Waals surface area contributed by atoms with Crippen molar-refractivity contribution in [2.45, 2.75) is 11.8 Å². The van der Waals surface area contributed by atoms with Crippen LogP contribution in [0.1, 0.15) is 21.5 Å². The maximum absolute atomic E-state index is 14.5. The minimum Gasteiger partial charge on any atom is -0.455 e. The molecule has 0 bridgehead atoms. The van der Waals surface area contributed by atoms with Crippen LogP contribution in [-0.4, -0.2) is 33.3 Å². The lowest BCUT2D eigenvalue weighted by molar-refractivity contribution is -0.136. The molecule has 0 fully saturated rings. The van der Waals surface area contributed by atoms with Crippen molar-refractivity contribution in [3.8, 4) is 0 Å². The number of rotatable bonds is 3. The molecule has 0 unspecified atom stereocenters. The van der Waals surface area contributed by atoms with Crippen molar-refractivity contribution in [3.05, 3.63) is 101 Å². The van der Waals surface area contributed by atoms with E-state index in [0.717, 1.165) is 9.87 Å². The number of halogens is 1. The lowest BCUT2D eigenvalue weighted by Gasteiger charge is -2.26. The first kappa shape index (κ1) is 22.4. The van der Waals surface area contributed by atoms with Crippen LogP contribution < -0.4 is 4.31 Å². The molecular weight excluding hydrogens is 445 g/mol. The van der Waals surface area contributed by atoms with Crippen molar-refractivity contribution in [3.63, 3.8) is 0 Å². The van der Waals surface area contributed by atoms with Gasteiger partial charge in [-0.2, -0.15) is 0 Å². The molecule has 0 saturated heterocycles. The zero-order valence-corrected chi connectivity index (χ0v) is 18.5. The molecule has 0 atom stereocenters. The fourth-order valence-corrected chi connectivity index (χ4v) is 4.95. The fourth-order valence-electron chi connectivity index (χ4n) is 3.53. The number of ether oxygens (including phenoxy) is 1. The Balaban J connectivity index is 1.91. The summed E-state index contributed by atoms with van der Waals surface area (Å²) < 4.78 is 47.9. The van der Waals surface area contributed by atoms with Crippen LogP contribution in [0.3, 0.4) is 0 Å².